The molecule has 4 aromatic carbocycles. The standard InChI is InChI=1S/C32H31ClFN3O4S/c1-23-15-17-28(18-16-23)42(40,41)37(27-13-8-12-26(33)20-27)22-31(38)36(21-25-11-6-7-14-29(25)34)30(32(39)35-2)19-24-9-4-3-5-10-24/h3-18,20,30H,19,21-22H2,1-2H3,(H,35,39)/t30-/m1/s1. The Morgan fingerprint density at radius 3 is 2.21 bits per heavy atom. The molecule has 42 heavy (non-hydrogen) atoms. The van der Waals surface area contributed by atoms with Gasteiger partial charge in [0, 0.05) is 30.6 Å². The molecule has 1 atom stereocenters. The Kier molecular flexibility index (Phi) is 9.98. The third-order valence-electron chi connectivity index (χ3n) is 6.80. The highest BCUT2D eigenvalue weighted by Crippen LogP contribution is 2.27. The number of carbonyl (C=O) groups excluding carboxylic acids is 2. The van der Waals surface area contributed by atoms with Gasteiger partial charge in [-0.05, 0) is 48.9 Å². The lowest BCUT2D eigenvalue weighted by molar-refractivity contribution is -0.139. The van der Waals surface area contributed by atoms with Crippen molar-refractivity contribution in [3.63, 3.8) is 0 Å². The number of aryl methyl sites for hydroxylation is 1. The number of rotatable bonds is 11. The number of hydrogen-bond acceptors (Lipinski definition) is 4. The number of carbonyl (C=O) groups is 2. The van der Waals surface area contributed by atoms with Crippen molar-refractivity contribution in [1.82, 2.24) is 10.2 Å². The van der Waals surface area contributed by atoms with Crippen LogP contribution in [0.5, 0.6) is 0 Å². The number of benzene rings is 4. The fourth-order valence-corrected chi connectivity index (χ4v) is 6.12. The molecule has 0 aliphatic rings. The van der Waals surface area contributed by atoms with Gasteiger partial charge in [-0.25, -0.2) is 12.8 Å². The minimum absolute atomic E-state index is 0.0198. The van der Waals surface area contributed by atoms with E-state index in [4.69, 9.17) is 11.6 Å². The van der Waals surface area contributed by atoms with Gasteiger partial charge in [0.05, 0.1) is 10.6 Å². The number of likely N-dealkylation sites (N-methyl/N-ethyl adjacent to an activating group) is 1. The van der Waals surface area contributed by atoms with Crippen LogP contribution in [0.15, 0.2) is 108 Å². The summed E-state index contributed by atoms with van der Waals surface area (Å²) in [6, 6.07) is 26.4. The summed E-state index contributed by atoms with van der Waals surface area (Å²) in [6.07, 6.45) is 0.128. The Hall–Kier alpha value is -4.21. The maximum atomic E-state index is 14.8. The Labute approximate surface area is 250 Å². The van der Waals surface area contributed by atoms with Gasteiger partial charge in [0.25, 0.3) is 10.0 Å². The van der Waals surface area contributed by atoms with Crippen LogP contribution >= 0.6 is 11.6 Å². The third kappa shape index (κ3) is 7.35. The predicted molar refractivity (Wildman–Crippen MR) is 162 cm³/mol. The predicted octanol–water partition coefficient (Wildman–Crippen LogP) is 5.37. The second-order valence-electron chi connectivity index (χ2n) is 9.74. The number of hydrogen-bond donors (Lipinski definition) is 1. The first-order chi connectivity index (χ1) is 20.1. The van der Waals surface area contributed by atoms with Crippen molar-refractivity contribution in [2.24, 2.45) is 0 Å². The van der Waals surface area contributed by atoms with Crippen molar-refractivity contribution in [1.29, 1.82) is 0 Å². The summed E-state index contributed by atoms with van der Waals surface area (Å²) < 4.78 is 43.7. The first-order valence-electron chi connectivity index (χ1n) is 13.2. The van der Waals surface area contributed by atoms with E-state index in [1.165, 1.54) is 54.4 Å². The van der Waals surface area contributed by atoms with Crippen LogP contribution in [0.4, 0.5) is 10.1 Å². The summed E-state index contributed by atoms with van der Waals surface area (Å²) in [7, 11) is -2.80. The molecule has 7 nitrogen and oxygen atoms in total. The molecule has 0 aliphatic heterocycles. The van der Waals surface area contributed by atoms with Gasteiger partial charge in [0.2, 0.25) is 11.8 Å². The maximum absolute atomic E-state index is 14.8. The summed E-state index contributed by atoms with van der Waals surface area (Å²) in [5, 5.41) is 2.88. The molecule has 1 N–H and O–H groups in total. The van der Waals surface area contributed by atoms with E-state index >= 15 is 0 Å². The van der Waals surface area contributed by atoms with Crippen molar-refractivity contribution in [2.45, 2.75) is 30.8 Å². The van der Waals surface area contributed by atoms with Crippen LogP contribution in [0, 0.1) is 12.7 Å². The van der Waals surface area contributed by atoms with Crippen LogP contribution in [0.1, 0.15) is 16.7 Å². The summed E-state index contributed by atoms with van der Waals surface area (Å²) in [5.74, 6) is -1.72. The number of nitrogens with zero attached hydrogens (tertiary/aromatic N) is 2. The van der Waals surface area contributed by atoms with Crippen LogP contribution in [-0.4, -0.2) is 44.8 Å². The number of anilines is 1. The summed E-state index contributed by atoms with van der Waals surface area (Å²) in [4.78, 5) is 28.6. The number of nitrogens with one attached hydrogen (secondary N) is 1. The van der Waals surface area contributed by atoms with Gasteiger partial charge < -0.3 is 10.2 Å². The van der Waals surface area contributed by atoms with E-state index in [0.717, 1.165) is 15.4 Å². The third-order valence-corrected chi connectivity index (χ3v) is 8.82. The topological polar surface area (TPSA) is 86.8 Å². The molecule has 4 aromatic rings. The van der Waals surface area contributed by atoms with E-state index in [0.29, 0.717) is 0 Å². The van der Waals surface area contributed by atoms with Crippen LogP contribution < -0.4 is 9.62 Å². The smallest absolute Gasteiger partial charge is 0.264 e. The molecule has 0 aromatic heterocycles. The molecule has 10 heteroatoms. The molecule has 0 saturated carbocycles. The minimum Gasteiger partial charge on any atom is -0.357 e. The molecule has 0 bridgehead atoms. The van der Waals surface area contributed by atoms with Crippen molar-refractivity contribution in [2.75, 3.05) is 17.9 Å². The van der Waals surface area contributed by atoms with Gasteiger partial charge in [-0.2, -0.15) is 0 Å². The Balaban J connectivity index is 1.80. The highest BCUT2D eigenvalue weighted by molar-refractivity contribution is 7.92. The van der Waals surface area contributed by atoms with E-state index in [1.54, 1.807) is 30.3 Å². The largest absolute Gasteiger partial charge is 0.357 e. The average Bonchev–Trinajstić information content (AvgIpc) is 2.98. The van der Waals surface area contributed by atoms with E-state index in [1.807, 2.05) is 37.3 Å². The molecule has 4 rings (SSSR count). The molecular weight excluding hydrogens is 577 g/mol. The van der Waals surface area contributed by atoms with Crippen molar-refractivity contribution < 1.29 is 22.4 Å². The van der Waals surface area contributed by atoms with E-state index in [-0.39, 0.29) is 34.1 Å². The van der Waals surface area contributed by atoms with Crippen LogP contribution in [0.3, 0.4) is 0 Å². The normalized spacial score (nSPS) is 11.9. The SMILES string of the molecule is CNC(=O)[C@@H](Cc1ccccc1)N(Cc1ccccc1F)C(=O)CN(c1cccc(Cl)c1)S(=O)(=O)c1ccc(C)cc1. The molecule has 0 aliphatic carbocycles. The Morgan fingerprint density at radius 1 is 0.905 bits per heavy atom. The fourth-order valence-electron chi connectivity index (χ4n) is 4.53. The molecule has 0 radical (unpaired) electrons. The highest BCUT2D eigenvalue weighted by atomic mass is 35.5. The zero-order chi connectivity index (χ0) is 30.3. The van der Waals surface area contributed by atoms with Crippen LogP contribution in [0.25, 0.3) is 0 Å². The zero-order valence-electron chi connectivity index (χ0n) is 23.2. The maximum Gasteiger partial charge on any atom is 0.264 e. The lowest BCUT2D eigenvalue weighted by Gasteiger charge is -2.33. The lowest BCUT2D eigenvalue weighted by atomic mass is 10.0. The molecular formula is C32H31ClFN3O4S. The van der Waals surface area contributed by atoms with Gasteiger partial charge in [-0.3, -0.25) is 13.9 Å². The molecule has 0 fully saturated rings. The number of sulfonamides is 1. The number of amides is 2. The van der Waals surface area contributed by atoms with Gasteiger partial charge in [0.15, 0.2) is 0 Å². The van der Waals surface area contributed by atoms with Gasteiger partial charge in [-0.1, -0.05) is 83.9 Å². The first-order valence-corrected chi connectivity index (χ1v) is 15.1. The monoisotopic (exact) mass is 607 g/mol. The van der Waals surface area contributed by atoms with Crippen LogP contribution in [0.2, 0.25) is 5.02 Å². The minimum atomic E-state index is -4.26. The molecule has 2 amide bonds. The van der Waals surface area contributed by atoms with Crippen LogP contribution in [-0.2, 0) is 32.6 Å². The Bertz CT molecular complexity index is 1650. The second kappa shape index (κ2) is 13.6. The fraction of sp³-hybridized carbons (Fsp3) is 0.188. The zero-order valence-corrected chi connectivity index (χ0v) is 24.8. The number of halogens is 2. The summed E-state index contributed by atoms with van der Waals surface area (Å²) >= 11 is 6.22. The molecule has 0 saturated heterocycles. The van der Waals surface area contributed by atoms with Crippen molar-refractivity contribution in [3.8, 4) is 0 Å². The van der Waals surface area contributed by atoms with E-state index < -0.39 is 40.2 Å². The van der Waals surface area contributed by atoms with E-state index in [2.05, 4.69) is 5.32 Å². The van der Waals surface area contributed by atoms with E-state index in [9.17, 15) is 22.4 Å². The summed E-state index contributed by atoms with van der Waals surface area (Å²) in [6.45, 7) is 0.915. The van der Waals surface area contributed by atoms with Gasteiger partial charge >= 0.3 is 0 Å². The highest BCUT2D eigenvalue weighted by Gasteiger charge is 2.34. The lowest BCUT2D eigenvalue weighted by Crippen LogP contribution is -2.53. The summed E-state index contributed by atoms with van der Waals surface area (Å²) in [5.41, 5.74) is 1.99. The molecule has 218 valence electrons. The average molecular weight is 608 g/mol. The first kappa shape index (κ1) is 30.7. The molecule has 0 heterocycles. The van der Waals surface area contributed by atoms with Gasteiger partial charge in [0.1, 0.15) is 18.4 Å². The molecule has 0 unspecified atom stereocenters. The van der Waals surface area contributed by atoms with Crippen molar-refractivity contribution >= 4 is 39.1 Å². The Morgan fingerprint density at radius 2 is 1.57 bits per heavy atom. The molecule has 0 spiro atoms. The van der Waals surface area contributed by atoms with Crippen molar-refractivity contribution in [3.05, 3.63) is 131 Å². The second-order valence-corrected chi connectivity index (χ2v) is 12.0. The quantitative estimate of drug-likeness (QED) is 0.248. The van der Waals surface area contributed by atoms with Gasteiger partial charge in [-0.15, -0.1) is 0 Å².